The lowest BCUT2D eigenvalue weighted by atomic mass is 10.1. The highest BCUT2D eigenvalue weighted by molar-refractivity contribution is 5.85. The largest absolute Gasteiger partial charge is 0.340 e. The molecule has 5 aromatic rings. The number of benzene rings is 2. The molecule has 3 aromatic heterocycles. The highest BCUT2D eigenvalue weighted by atomic mass is 16.1. The summed E-state index contributed by atoms with van der Waals surface area (Å²) in [7, 11) is 0. The number of anilines is 2. The van der Waals surface area contributed by atoms with E-state index in [0.29, 0.717) is 17.1 Å². The summed E-state index contributed by atoms with van der Waals surface area (Å²) in [5.41, 5.74) is 4.89. The van der Waals surface area contributed by atoms with E-state index in [1.807, 2.05) is 55.8 Å². The van der Waals surface area contributed by atoms with Gasteiger partial charge in [-0.25, -0.2) is 15.0 Å². The van der Waals surface area contributed by atoms with Crippen molar-refractivity contribution in [3.63, 3.8) is 0 Å². The van der Waals surface area contributed by atoms with Crippen LogP contribution in [0.2, 0.25) is 0 Å². The number of imidazole rings is 1. The number of nitrogens with zero attached hydrogens (tertiary/aromatic N) is 4. The van der Waals surface area contributed by atoms with Crippen molar-refractivity contribution in [3.05, 3.63) is 95.1 Å². The lowest BCUT2D eigenvalue weighted by Crippen LogP contribution is -2.05. The zero-order valence-electron chi connectivity index (χ0n) is 18.1. The van der Waals surface area contributed by atoms with Gasteiger partial charge in [0.1, 0.15) is 5.82 Å². The van der Waals surface area contributed by atoms with Gasteiger partial charge in [-0.3, -0.25) is 4.79 Å². The van der Waals surface area contributed by atoms with Gasteiger partial charge in [-0.2, -0.15) is 0 Å². The van der Waals surface area contributed by atoms with Crippen molar-refractivity contribution in [2.24, 2.45) is 0 Å². The molecule has 0 saturated heterocycles. The average molecular weight is 435 g/mol. The molecule has 162 valence electrons. The maximum atomic E-state index is 12.0. The molecule has 2 N–H and O–H groups in total. The van der Waals surface area contributed by atoms with Gasteiger partial charge in [0, 0.05) is 52.4 Å². The number of aryl methyl sites for hydroxylation is 1. The summed E-state index contributed by atoms with van der Waals surface area (Å²) < 4.78 is 2.06. The van der Waals surface area contributed by atoms with Crippen molar-refractivity contribution in [1.82, 2.24) is 24.5 Å². The lowest BCUT2D eigenvalue weighted by Gasteiger charge is -2.11. The molecule has 0 amide bonds. The Morgan fingerprint density at radius 2 is 1.91 bits per heavy atom. The molecule has 2 aromatic carbocycles. The molecular formula is C26H22N6O. The Labute approximate surface area is 190 Å². The molecule has 0 radical (unpaired) electrons. The van der Waals surface area contributed by atoms with Crippen LogP contribution in [0.25, 0.3) is 27.8 Å². The van der Waals surface area contributed by atoms with Crippen LogP contribution < -0.4 is 10.9 Å². The molecule has 7 nitrogen and oxygen atoms in total. The third kappa shape index (κ3) is 3.78. The monoisotopic (exact) mass is 434 g/mol. The standard InChI is InChI=1S/C26H22N6O/c1-16-13-28-25(18-4-7-21(8-5-18)32-14-23(29-15-32)17-2-3-17)31-24(16)30-20-6-9-22-19(12-20)10-11-27-26(22)33/h4-15,17H,2-3H2,1H3,(H,27,33)(H,28,30,31). The van der Waals surface area contributed by atoms with E-state index >= 15 is 0 Å². The minimum absolute atomic E-state index is 0.0949. The Hall–Kier alpha value is -4.26. The predicted molar refractivity (Wildman–Crippen MR) is 129 cm³/mol. The van der Waals surface area contributed by atoms with Crippen molar-refractivity contribution in [3.8, 4) is 17.1 Å². The zero-order chi connectivity index (χ0) is 22.4. The first-order valence-corrected chi connectivity index (χ1v) is 11.0. The number of hydrogen-bond acceptors (Lipinski definition) is 5. The predicted octanol–water partition coefficient (Wildman–Crippen LogP) is 5.10. The molecule has 0 unspecified atom stereocenters. The van der Waals surface area contributed by atoms with Crippen LogP contribution in [0.1, 0.15) is 30.0 Å². The Morgan fingerprint density at radius 1 is 1.06 bits per heavy atom. The van der Waals surface area contributed by atoms with E-state index < -0.39 is 0 Å². The maximum absolute atomic E-state index is 12.0. The normalized spacial score (nSPS) is 13.4. The molecular weight excluding hydrogens is 412 g/mol. The minimum Gasteiger partial charge on any atom is -0.340 e. The Kier molecular flexibility index (Phi) is 4.54. The highest BCUT2D eigenvalue weighted by Gasteiger charge is 2.25. The van der Waals surface area contributed by atoms with Crippen LogP contribution in [0, 0.1) is 6.92 Å². The average Bonchev–Trinajstić information content (AvgIpc) is 3.57. The lowest BCUT2D eigenvalue weighted by molar-refractivity contribution is 1.05. The number of fused-ring (bicyclic) bond motifs is 1. The quantitative estimate of drug-likeness (QED) is 0.402. The Balaban J connectivity index is 1.27. The van der Waals surface area contributed by atoms with E-state index in [2.05, 4.69) is 43.2 Å². The number of nitrogens with one attached hydrogen (secondary N) is 2. The molecule has 7 heteroatoms. The number of aromatic amines is 1. The van der Waals surface area contributed by atoms with Gasteiger partial charge in [0.05, 0.1) is 12.0 Å². The fourth-order valence-electron chi connectivity index (χ4n) is 3.97. The van der Waals surface area contributed by atoms with Gasteiger partial charge < -0.3 is 14.9 Å². The summed E-state index contributed by atoms with van der Waals surface area (Å²) in [4.78, 5) is 28.5. The first-order chi connectivity index (χ1) is 16.1. The molecule has 0 aliphatic heterocycles. The minimum atomic E-state index is -0.0949. The number of rotatable bonds is 5. The van der Waals surface area contributed by atoms with E-state index in [9.17, 15) is 4.79 Å². The molecule has 33 heavy (non-hydrogen) atoms. The van der Waals surface area contributed by atoms with Crippen LogP contribution >= 0.6 is 0 Å². The van der Waals surface area contributed by atoms with E-state index in [0.717, 1.165) is 33.7 Å². The van der Waals surface area contributed by atoms with Crippen molar-refractivity contribution >= 4 is 22.3 Å². The summed E-state index contributed by atoms with van der Waals surface area (Å²) in [6.07, 6.45) is 9.97. The number of pyridine rings is 1. The van der Waals surface area contributed by atoms with Gasteiger partial charge in [0.15, 0.2) is 5.82 Å². The van der Waals surface area contributed by atoms with Crippen molar-refractivity contribution < 1.29 is 0 Å². The molecule has 6 rings (SSSR count). The van der Waals surface area contributed by atoms with Crippen LogP contribution in [0.5, 0.6) is 0 Å². The van der Waals surface area contributed by atoms with E-state index in [-0.39, 0.29) is 5.56 Å². The molecule has 0 bridgehead atoms. The Morgan fingerprint density at radius 3 is 2.73 bits per heavy atom. The first kappa shape index (κ1) is 19.4. The van der Waals surface area contributed by atoms with Crippen LogP contribution in [0.4, 0.5) is 11.5 Å². The fourth-order valence-corrected chi connectivity index (χ4v) is 3.97. The molecule has 1 aliphatic rings. The second-order valence-corrected chi connectivity index (χ2v) is 8.49. The first-order valence-electron chi connectivity index (χ1n) is 11.0. The van der Waals surface area contributed by atoms with Crippen LogP contribution in [0.3, 0.4) is 0 Å². The SMILES string of the molecule is Cc1cnc(-c2ccc(-n3cnc(C4CC4)c3)cc2)nc1Nc1ccc2c(=O)[nH]ccc2c1. The molecule has 1 aliphatic carbocycles. The summed E-state index contributed by atoms with van der Waals surface area (Å²) in [5, 5.41) is 4.90. The van der Waals surface area contributed by atoms with Gasteiger partial charge in [-0.1, -0.05) is 0 Å². The van der Waals surface area contributed by atoms with Crippen molar-refractivity contribution in [2.45, 2.75) is 25.7 Å². The molecule has 1 saturated carbocycles. The van der Waals surface area contributed by atoms with E-state index in [1.165, 1.54) is 18.5 Å². The third-order valence-electron chi connectivity index (χ3n) is 6.03. The van der Waals surface area contributed by atoms with Crippen LogP contribution in [-0.2, 0) is 0 Å². The molecule has 0 atom stereocenters. The zero-order valence-corrected chi connectivity index (χ0v) is 18.1. The van der Waals surface area contributed by atoms with Crippen molar-refractivity contribution in [2.75, 3.05) is 5.32 Å². The van der Waals surface area contributed by atoms with Crippen molar-refractivity contribution in [1.29, 1.82) is 0 Å². The molecule has 3 heterocycles. The Bertz CT molecular complexity index is 1530. The molecule has 1 fully saturated rings. The highest BCUT2D eigenvalue weighted by Crippen LogP contribution is 2.39. The van der Waals surface area contributed by atoms with E-state index in [1.54, 1.807) is 6.20 Å². The van der Waals surface area contributed by atoms with Crippen LogP contribution in [-0.4, -0.2) is 24.5 Å². The topological polar surface area (TPSA) is 88.5 Å². The van der Waals surface area contributed by atoms with Gasteiger partial charge >= 0.3 is 0 Å². The number of hydrogen-bond donors (Lipinski definition) is 2. The summed E-state index contributed by atoms with van der Waals surface area (Å²) in [6, 6.07) is 15.7. The third-order valence-corrected chi connectivity index (χ3v) is 6.03. The van der Waals surface area contributed by atoms with Gasteiger partial charge in [-0.15, -0.1) is 0 Å². The van der Waals surface area contributed by atoms with Gasteiger partial charge in [-0.05, 0) is 73.7 Å². The number of H-pyrrole nitrogens is 1. The maximum Gasteiger partial charge on any atom is 0.255 e. The van der Waals surface area contributed by atoms with Crippen LogP contribution in [0.15, 0.2) is 78.2 Å². The smallest absolute Gasteiger partial charge is 0.255 e. The second-order valence-electron chi connectivity index (χ2n) is 8.49. The fraction of sp³-hybridized carbons (Fsp3) is 0.154. The molecule has 0 spiro atoms. The van der Waals surface area contributed by atoms with Gasteiger partial charge in [0.25, 0.3) is 5.56 Å². The summed E-state index contributed by atoms with van der Waals surface area (Å²) in [5.74, 6) is 2.02. The van der Waals surface area contributed by atoms with E-state index in [4.69, 9.17) is 4.98 Å². The van der Waals surface area contributed by atoms with Gasteiger partial charge in [0.2, 0.25) is 0 Å². The summed E-state index contributed by atoms with van der Waals surface area (Å²) >= 11 is 0. The summed E-state index contributed by atoms with van der Waals surface area (Å²) in [6.45, 7) is 1.97. The number of aromatic nitrogens is 5. The second kappa shape index (κ2) is 7.70.